The fraction of sp³-hybridized carbons (Fsp3) is 0.538. The first-order valence-electron chi connectivity index (χ1n) is 23.2. The van der Waals surface area contributed by atoms with Gasteiger partial charge in [0.1, 0.15) is 23.0 Å². The maximum atomic E-state index is 6.98. The number of ether oxygens (including phenoxy) is 4. The zero-order chi connectivity index (χ0) is 44.2. The van der Waals surface area contributed by atoms with Crippen molar-refractivity contribution < 1.29 is 18.9 Å². The smallest absolute Gasteiger partial charge is 0.126 e. The Morgan fingerprint density at radius 1 is 0.300 bits per heavy atom. The van der Waals surface area contributed by atoms with Gasteiger partial charge < -0.3 is 18.9 Å². The van der Waals surface area contributed by atoms with Crippen LogP contribution in [0.15, 0.2) is 48.5 Å². The minimum absolute atomic E-state index is 0.680. The number of benzene rings is 4. The van der Waals surface area contributed by atoms with Crippen LogP contribution in [0, 0.1) is 0 Å². The van der Waals surface area contributed by atoms with E-state index in [0.717, 1.165) is 74.4 Å². The van der Waals surface area contributed by atoms with Crippen LogP contribution in [-0.4, -0.2) is 58.7 Å². The van der Waals surface area contributed by atoms with Crippen LogP contribution in [0.4, 0.5) is 0 Å². The molecule has 4 aromatic rings. The highest BCUT2D eigenvalue weighted by Crippen LogP contribution is 2.39. The molecule has 0 radical (unpaired) electrons. The van der Waals surface area contributed by atoms with E-state index < -0.39 is 32.3 Å². The van der Waals surface area contributed by atoms with Crippen molar-refractivity contribution >= 4 is 53.0 Å². The van der Waals surface area contributed by atoms with E-state index in [9.17, 15) is 0 Å². The van der Waals surface area contributed by atoms with Crippen molar-refractivity contribution in [2.75, 3.05) is 26.4 Å². The van der Waals surface area contributed by atoms with Gasteiger partial charge in [-0.25, -0.2) is 0 Å². The second-order valence-electron chi connectivity index (χ2n) is 21.6. The molecule has 0 amide bonds. The molecule has 0 saturated carbocycles. The molecule has 0 unspecified atom stereocenters. The van der Waals surface area contributed by atoms with Crippen LogP contribution in [0.25, 0.3) is 0 Å². The number of hydrogen-bond donors (Lipinski definition) is 0. The highest BCUT2D eigenvalue weighted by atomic mass is 28.3. The van der Waals surface area contributed by atoms with Crippen molar-refractivity contribution in [3.63, 3.8) is 0 Å². The molecule has 0 N–H and O–H groups in total. The van der Waals surface area contributed by atoms with Gasteiger partial charge in [0.15, 0.2) is 0 Å². The van der Waals surface area contributed by atoms with E-state index in [1.165, 1.54) is 65.3 Å². The second-order valence-corrected chi connectivity index (χ2v) is 41.9. The topological polar surface area (TPSA) is 36.9 Å². The van der Waals surface area contributed by atoms with Crippen molar-refractivity contribution in [3.8, 4) is 23.0 Å². The molecule has 60 heavy (non-hydrogen) atoms. The second kappa shape index (κ2) is 19.6. The van der Waals surface area contributed by atoms with Crippen LogP contribution in [0.3, 0.4) is 0 Å². The van der Waals surface area contributed by atoms with E-state index in [0.29, 0.717) is 26.4 Å². The highest BCUT2D eigenvalue weighted by molar-refractivity contribution is 6.90. The molecule has 0 heterocycles. The Kier molecular flexibility index (Phi) is 15.6. The van der Waals surface area contributed by atoms with Gasteiger partial charge in [-0.05, 0) is 70.2 Å². The van der Waals surface area contributed by atoms with Gasteiger partial charge in [-0.15, -0.1) is 0 Å². The van der Waals surface area contributed by atoms with Crippen molar-refractivity contribution in [2.24, 2.45) is 0 Å². The van der Waals surface area contributed by atoms with Gasteiger partial charge in [0.05, 0.1) is 58.7 Å². The molecule has 0 atom stereocenters. The van der Waals surface area contributed by atoms with Gasteiger partial charge in [-0.2, -0.15) is 0 Å². The van der Waals surface area contributed by atoms with E-state index >= 15 is 0 Å². The summed E-state index contributed by atoms with van der Waals surface area (Å²) in [5.74, 6) is 4.20. The molecule has 4 aromatic carbocycles. The molecule has 8 heteroatoms. The van der Waals surface area contributed by atoms with Crippen LogP contribution >= 0.6 is 0 Å². The quantitative estimate of drug-likeness (QED) is 0.0926. The third-order valence-electron chi connectivity index (χ3n) is 11.8. The van der Waals surface area contributed by atoms with E-state index in [-0.39, 0.29) is 0 Å². The van der Waals surface area contributed by atoms with Gasteiger partial charge in [0.2, 0.25) is 0 Å². The van der Waals surface area contributed by atoms with Crippen LogP contribution in [0.1, 0.15) is 97.9 Å². The molecule has 5 rings (SSSR count). The van der Waals surface area contributed by atoms with Crippen LogP contribution in [0.5, 0.6) is 23.0 Å². The molecule has 0 aliphatic heterocycles. The maximum Gasteiger partial charge on any atom is 0.126 e. The lowest BCUT2D eigenvalue weighted by molar-refractivity contribution is 0.305. The lowest BCUT2D eigenvalue weighted by Gasteiger charge is -2.28. The summed E-state index contributed by atoms with van der Waals surface area (Å²) >= 11 is 0. The van der Waals surface area contributed by atoms with Gasteiger partial charge in [-0.1, -0.05) is 176 Å². The SMILES string of the molecule is CCCOc1c2cc([Si](C)(C)C)cc1Cc1cc([Si](C)(C)C)cc(c1OCCC)Cc1cc([Si](C)(C)C)cc(c1OCCC)Cc1cc([Si](C)(C)C)cc(c1OCCC)C2. The molecule has 8 bridgehead atoms. The molecule has 0 spiro atoms. The molecule has 0 aromatic heterocycles. The maximum absolute atomic E-state index is 6.98. The zero-order valence-electron chi connectivity index (χ0n) is 40.7. The summed E-state index contributed by atoms with van der Waals surface area (Å²) < 4.78 is 27.9. The predicted molar refractivity (Wildman–Crippen MR) is 272 cm³/mol. The third-order valence-corrected chi connectivity index (χ3v) is 19.8. The Labute approximate surface area is 370 Å². The van der Waals surface area contributed by atoms with E-state index in [2.05, 4.69) is 155 Å². The molecular weight excluding hydrogens is 801 g/mol. The Morgan fingerprint density at radius 2 is 0.450 bits per heavy atom. The van der Waals surface area contributed by atoms with E-state index in [4.69, 9.17) is 18.9 Å². The van der Waals surface area contributed by atoms with E-state index in [1.807, 2.05) is 0 Å². The summed E-state index contributed by atoms with van der Waals surface area (Å²) in [5, 5.41) is 5.89. The first-order valence-corrected chi connectivity index (χ1v) is 37.2. The summed E-state index contributed by atoms with van der Waals surface area (Å²) in [6, 6.07) is 20.1. The standard InChI is InChI=1S/C52H80O4Si4/c1-17-21-53-49-37-25-39-31-46(58(8,9)10)33-41(50(39)54-22-18-2)27-43-35-48(60(14,15)16)36-44(52(43)56-24-20-4)28-42-34-47(59(11,12)13)32-40(51(42)55-23-19-3)26-38(49)30-45(29-37)57(5,6)7/h29-36H,17-28H2,1-16H3. The molecule has 0 fully saturated rings. The molecular formula is C52H80O4Si4. The van der Waals surface area contributed by atoms with Crippen LogP contribution in [0.2, 0.25) is 78.6 Å². The lowest BCUT2D eigenvalue weighted by atomic mass is 9.91. The average molecular weight is 882 g/mol. The summed E-state index contributed by atoms with van der Waals surface area (Å²) in [6.45, 7) is 41.4. The number of hydrogen-bond acceptors (Lipinski definition) is 4. The van der Waals surface area contributed by atoms with Crippen molar-refractivity contribution in [3.05, 3.63) is 93.0 Å². The average Bonchev–Trinajstić information content (AvgIpc) is 3.14. The minimum Gasteiger partial charge on any atom is -0.493 e. The number of rotatable bonds is 16. The summed E-state index contributed by atoms with van der Waals surface area (Å²) in [7, 11) is -7.04. The first kappa shape index (κ1) is 48.0. The Morgan fingerprint density at radius 3 is 0.567 bits per heavy atom. The van der Waals surface area contributed by atoms with Gasteiger partial charge in [0, 0.05) is 25.7 Å². The van der Waals surface area contributed by atoms with Crippen molar-refractivity contribution in [2.45, 2.75) is 158 Å². The molecule has 1 aliphatic rings. The molecule has 1 aliphatic carbocycles. The zero-order valence-corrected chi connectivity index (χ0v) is 44.7. The lowest BCUT2D eigenvalue weighted by Crippen LogP contribution is -2.39. The van der Waals surface area contributed by atoms with E-state index in [1.54, 1.807) is 0 Å². The fourth-order valence-electron chi connectivity index (χ4n) is 8.18. The van der Waals surface area contributed by atoms with Crippen molar-refractivity contribution in [1.82, 2.24) is 0 Å². The van der Waals surface area contributed by atoms with Crippen LogP contribution < -0.4 is 39.7 Å². The highest BCUT2D eigenvalue weighted by Gasteiger charge is 2.30. The Hall–Kier alpha value is -3.05. The van der Waals surface area contributed by atoms with Gasteiger partial charge in [0.25, 0.3) is 0 Å². The van der Waals surface area contributed by atoms with Gasteiger partial charge >= 0.3 is 0 Å². The largest absolute Gasteiger partial charge is 0.493 e. The van der Waals surface area contributed by atoms with Gasteiger partial charge in [-0.3, -0.25) is 0 Å². The van der Waals surface area contributed by atoms with Crippen LogP contribution in [-0.2, 0) is 25.7 Å². The summed E-state index contributed by atoms with van der Waals surface area (Å²) in [5.41, 5.74) is 10.2. The monoisotopic (exact) mass is 881 g/mol. The third kappa shape index (κ3) is 11.7. The Bertz CT molecular complexity index is 1720. The Balaban J connectivity index is 2.02. The number of fused-ring (bicyclic) bond motifs is 8. The predicted octanol–water partition coefficient (Wildman–Crippen LogP) is 11.7. The molecule has 4 nitrogen and oxygen atoms in total. The molecule has 328 valence electrons. The first-order chi connectivity index (χ1) is 28.1. The molecule has 0 saturated heterocycles. The minimum atomic E-state index is -1.76. The summed E-state index contributed by atoms with van der Waals surface area (Å²) in [6.07, 6.45) is 6.84. The van der Waals surface area contributed by atoms with Crippen molar-refractivity contribution in [1.29, 1.82) is 0 Å². The summed E-state index contributed by atoms with van der Waals surface area (Å²) in [4.78, 5) is 0. The fourth-order valence-corrected chi connectivity index (χ4v) is 13.0. The normalized spacial score (nSPS) is 13.6.